The van der Waals surface area contributed by atoms with Gasteiger partial charge in [-0.05, 0) is 43.0 Å². The summed E-state index contributed by atoms with van der Waals surface area (Å²) in [6.07, 6.45) is 2.86. The number of nitriles is 1. The molecule has 0 spiro atoms. The minimum Gasteiger partial charge on any atom is -0.438 e. The number of nitrogens with zero attached hydrogens (tertiary/aromatic N) is 2. The lowest BCUT2D eigenvalue weighted by Crippen LogP contribution is -1.98. The predicted molar refractivity (Wildman–Crippen MR) is 71.9 cm³/mol. The minimum absolute atomic E-state index is 0.0553. The fraction of sp³-hybridized carbons (Fsp3) is 0.200. The standard InChI is InChI=1S/C15H12FN3O/c16-12-7-11(4-5-13(12)18)20-15-10(8-17)6-9-2-1-3-14(9)19-15/h4-7H,1-3,18H2. The summed E-state index contributed by atoms with van der Waals surface area (Å²) in [6, 6.07) is 8.03. The first-order valence-electron chi connectivity index (χ1n) is 6.33. The van der Waals surface area contributed by atoms with Crippen molar-refractivity contribution in [3.05, 3.63) is 46.9 Å². The van der Waals surface area contributed by atoms with Gasteiger partial charge in [-0.15, -0.1) is 0 Å². The molecule has 1 aromatic heterocycles. The third-order valence-corrected chi connectivity index (χ3v) is 3.32. The normalized spacial score (nSPS) is 12.8. The first-order chi connectivity index (χ1) is 9.67. The second-order valence-electron chi connectivity index (χ2n) is 4.70. The van der Waals surface area contributed by atoms with Crippen LogP contribution < -0.4 is 10.5 Å². The van der Waals surface area contributed by atoms with E-state index in [1.807, 2.05) is 0 Å². The number of rotatable bonds is 2. The van der Waals surface area contributed by atoms with Gasteiger partial charge in [-0.2, -0.15) is 5.26 Å². The highest BCUT2D eigenvalue weighted by Crippen LogP contribution is 2.30. The Kier molecular flexibility index (Phi) is 2.99. The van der Waals surface area contributed by atoms with Crippen LogP contribution in [0.25, 0.3) is 0 Å². The Bertz CT molecular complexity index is 722. The van der Waals surface area contributed by atoms with Crippen LogP contribution in [0.5, 0.6) is 11.6 Å². The zero-order valence-corrected chi connectivity index (χ0v) is 10.7. The van der Waals surface area contributed by atoms with Gasteiger partial charge >= 0.3 is 0 Å². The number of halogens is 1. The Balaban J connectivity index is 1.98. The average molecular weight is 269 g/mol. The van der Waals surface area contributed by atoms with E-state index < -0.39 is 5.82 Å². The van der Waals surface area contributed by atoms with Gasteiger partial charge in [0.1, 0.15) is 23.2 Å². The highest BCUT2D eigenvalue weighted by molar-refractivity contribution is 5.48. The van der Waals surface area contributed by atoms with E-state index in [0.717, 1.165) is 30.5 Å². The van der Waals surface area contributed by atoms with Crippen LogP contribution in [0.2, 0.25) is 0 Å². The molecule has 4 nitrogen and oxygen atoms in total. The third-order valence-electron chi connectivity index (χ3n) is 3.32. The number of pyridine rings is 1. The zero-order chi connectivity index (χ0) is 14.1. The summed E-state index contributed by atoms with van der Waals surface area (Å²) < 4.78 is 18.9. The molecule has 20 heavy (non-hydrogen) atoms. The van der Waals surface area contributed by atoms with Crippen molar-refractivity contribution in [1.82, 2.24) is 4.98 Å². The van der Waals surface area contributed by atoms with E-state index in [1.54, 1.807) is 12.1 Å². The third kappa shape index (κ3) is 2.16. The first-order valence-corrected chi connectivity index (χ1v) is 6.33. The molecule has 0 atom stereocenters. The molecule has 1 heterocycles. The van der Waals surface area contributed by atoms with Crippen LogP contribution in [0.1, 0.15) is 23.2 Å². The quantitative estimate of drug-likeness (QED) is 0.851. The molecule has 100 valence electrons. The first kappa shape index (κ1) is 12.4. The largest absolute Gasteiger partial charge is 0.438 e. The fourth-order valence-electron chi connectivity index (χ4n) is 2.29. The Morgan fingerprint density at radius 2 is 2.15 bits per heavy atom. The second-order valence-corrected chi connectivity index (χ2v) is 4.70. The molecule has 3 rings (SSSR count). The van der Waals surface area contributed by atoms with E-state index in [4.69, 9.17) is 15.7 Å². The molecule has 0 fully saturated rings. The van der Waals surface area contributed by atoms with Gasteiger partial charge < -0.3 is 10.5 Å². The van der Waals surface area contributed by atoms with Crippen molar-refractivity contribution in [3.63, 3.8) is 0 Å². The van der Waals surface area contributed by atoms with Crippen LogP contribution in [0, 0.1) is 17.1 Å². The minimum atomic E-state index is -0.554. The molecule has 0 saturated carbocycles. The van der Waals surface area contributed by atoms with Gasteiger partial charge in [-0.3, -0.25) is 0 Å². The van der Waals surface area contributed by atoms with Crippen molar-refractivity contribution in [3.8, 4) is 17.7 Å². The van der Waals surface area contributed by atoms with Crippen LogP contribution in [0.3, 0.4) is 0 Å². The van der Waals surface area contributed by atoms with E-state index in [0.29, 0.717) is 5.56 Å². The lowest BCUT2D eigenvalue weighted by atomic mass is 10.1. The van der Waals surface area contributed by atoms with Gasteiger partial charge in [0.25, 0.3) is 0 Å². The molecule has 1 aromatic carbocycles. The molecule has 0 radical (unpaired) electrons. The highest BCUT2D eigenvalue weighted by atomic mass is 19.1. The number of hydrogen-bond donors (Lipinski definition) is 1. The smallest absolute Gasteiger partial charge is 0.237 e. The number of nitrogens with two attached hydrogens (primary N) is 1. The van der Waals surface area contributed by atoms with Gasteiger partial charge in [-0.1, -0.05) is 0 Å². The van der Waals surface area contributed by atoms with Crippen molar-refractivity contribution in [2.24, 2.45) is 0 Å². The number of benzene rings is 1. The molecular formula is C15H12FN3O. The molecule has 0 unspecified atom stereocenters. The highest BCUT2D eigenvalue weighted by Gasteiger charge is 2.17. The fourth-order valence-corrected chi connectivity index (χ4v) is 2.29. The molecule has 1 aliphatic carbocycles. The van der Waals surface area contributed by atoms with Gasteiger partial charge in [0.15, 0.2) is 0 Å². The number of anilines is 1. The van der Waals surface area contributed by atoms with Crippen molar-refractivity contribution >= 4 is 5.69 Å². The Morgan fingerprint density at radius 1 is 1.30 bits per heavy atom. The molecule has 0 aliphatic heterocycles. The maximum Gasteiger partial charge on any atom is 0.237 e. The summed E-state index contributed by atoms with van der Waals surface area (Å²) in [5, 5.41) is 9.16. The van der Waals surface area contributed by atoms with Crippen LogP contribution in [0.4, 0.5) is 10.1 Å². The molecule has 2 aromatic rings. The lowest BCUT2D eigenvalue weighted by molar-refractivity contribution is 0.455. The number of ether oxygens (including phenoxy) is 1. The topological polar surface area (TPSA) is 71.9 Å². The van der Waals surface area contributed by atoms with E-state index in [-0.39, 0.29) is 17.3 Å². The van der Waals surface area contributed by atoms with Crippen LogP contribution in [-0.4, -0.2) is 4.98 Å². The number of aromatic nitrogens is 1. The Hall–Kier alpha value is -2.61. The maximum atomic E-state index is 13.4. The van der Waals surface area contributed by atoms with E-state index >= 15 is 0 Å². The molecule has 2 N–H and O–H groups in total. The summed E-state index contributed by atoms with van der Waals surface area (Å²) >= 11 is 0. The van der Waals surface area contributed by atoms with E-state index in [2.05, 4.69) is 11.1 Å². The number of fused-ring (bicyclic) bond motifs is 1. The SMILES string of the molecule is N#Cc1cc2c(nc1Oc1ccc(N)c(F)c1)CCC2. The molecule has 0 bridgehead atoms. The summed E-state index contributed by atoms with van der Waals surface area (Å²) in [7, 11) is 0. The monoisotopic (exact) mass is 269 g/mol. The van der Waals surface area contributed by atoms with Gasteiger partial charge in [0.05, 0.1) is 5.69 Å². The molecule has 0 amide bonds. The predicted octanol–water partition coefficient (Wildman–Crippen LogP) is 2.96. The second kappa shape index (κ2) is 4.82. The number of aryl methyl sites for hydroxylation is 2. The number of hydrogen-bond acceptors (Lipinski definition) is 4. The van der Waals surface area contributed by atoms with Crippen molar-refractivity contribution in [2.45, 2.75) is 19.3 Å². The maximum absolute atomic E-state index is 13.4. The van der Waals surface area contributed by atoms with Gasteiger partial charge in [0.2, 0.25) is 5.88 Å². The molecule has 0 saturated heterocycles. The summed E-state index contributed by atoms with van der Waals surface area (Å²) in [6.45, 7) is 0. The number of nitrogen functional groups attached to an aromatic ring is 1. The summed E-state index contributed by atoms with van der Waals surface area (Å²) in [4.78, 5) is 4.37. The zero-order valence-electron chi connectivity index (χ0n) is 10.7. The lowest BCUT2D eigenvalue weighted by Gasteiger charge is -2.09. The van der Waals surface area contributed by atoms with Crippen molar-refractivity contribution < 1.29 is 9.13 Å². The molecule has 1 aliphatic rings. The Labute approximate surface area is 115 Å². The van der Waals surface area contributed by atoms with Crippen LogP contribution >= 0.6 is 0 Å². The van der Waals surface area contributed by atoms with E-state index in [9.17, 15) is 4.39 Å². The summed E-state index contributed by atoms with van der Waals surface area (Å²) in [5.74, 6) is -0.0573. The van der Waals surface area contributed by atoms with Crippen molar-refractivity contribution in [2.75, 3.05) is 5.73 Å². The van der Waals surface area contributed by atoms with Gasteiger partial charge in [-0.25, -0.2) is 9.37 Å². The van der Waals surface area contributed by atoms with Crippen LogP contribution in [0.15, 0.2) is 24.3 Å². The molecular weight excluding hydrogens is 257 g/mol. The average Bonchev–Trinajstić information content (AvgIpc) is 2.89. The molecule has 5 heteroatoms. The summed E-state index contributed by atoms with van der Waals surface area (Å²) in [5.41, 5.74) is 7.88. The van der Waals surface area contributed by atoms with E-state index in [1.165, 1.54) is 12.1 Å². The van der Waals surface area contributed by atoms with Crippen LogP contribution in [-0.2, 0) is 12.8 Å². The Morgan fingerprint density at radius 3 is 2.90 bits per heavy atom. The van der Waals surface area contributed by atoms with Gasteiger partial charge in [0, 0.05) is 11.8 Å². The van der Waals surface area contributed by atoms with Crippen molar-refractivity contribution in [1.29, 1.82) is 5.26 Å².